The summed E-state index contributed by atoms with van der Waals surface area (Å²) in [6, 6.07) is 0. The summed E-state index contributed by atoms with van der Waals surface area (Å²) in [5, 5.41) is 15.0. The molecule has 2 heterocycles. The minimum Gasteiger partial charge on any atom is -0.447 e. The summed E-state index contributed by atoms with van der Waals surface area (Å²) < 4.78 is 19.6. The molecule has 132 valence electrons. The number of thiol groups is 1. The minimum atomic E-state index is -0.519. The van der Waals surface area contributed by atoms with Gasteiger partial charge >= 0.3 is 12.2 Å². The number of epoxide rings is 2. The van der Waals surface area contributed by atoms with E-state index in [1.807, 2.05) is 0 Å². The van der Waals surface area contributed by atoms with Crippen LogP contribution in [0.15, 0.2) is 0 Å². The Bertz CT molecular complexity index is 438. The first-order valence-corrected chi connectivity index (χ1v) is 8.48. The van der Waals surface area contributed by atoms with Crippen LogP contribution in [0.25, 0.3) is 0 Å². The molecule has 0 bridgehead atoms. The minimum absolute atomic E-state index is 0.0372. The molecule has 23 heavy (non-hydrogen) atoms. The molecule has 0 aromatic heterocycles. The zero-order valence-electron chi connectivity index (χ0n) is 12.7. The molecule has 2 fully saturated rings. The number of hydrogen-bond donors (Lipinski definition) is 4. The number of nitrogens with one attached hydrogen (secondary N) is 2. The lowest BCUT2D eigenvalue weighted by atomic mass is 10.4. The van der Waals surface area contributed by atoms with Crippen LogP contribution >= 0.6 is 11.4 Å². The fourth-order valence-electron chi connectivity index (χ4n) is 1.47. The van der Waals surface area contributed by atoms with Gasteiger partial charge in [0.05, 0.1) is 18.3 Å². The van der Waals surface area contributed by atoms with Crippen molar-refractivity contribution in [2.75, 3.05) is 45.3 Å². The second kappa shape index (κ2) is 9.71. The second-order valence-corrected chi connectivity index (χ2v) is 6.29. The second-order valence-electron chi connectivity index (χ2n) is 5.01. The van der Waals surface area contributed by atoms with E-state index in [0.717, 1.165) is 0 Å². The van der Waals surface area contributed by atoms with Crippen molar-refractivity contribution in [3.05, 3.63) is 0 Å². The van der Waals surface area contributed by atoms with Crippen LogP contribution in [0.5, 0.6) is 0 Å². The summed E-state index contributed by atoms with van der Waals surface area (Å²) >= 11 is 0.695. The summed E-state index contributed by atoms with van der Waals surface area (Å²) in [5.74, 6) is 0.560. The molecule has 2 saturated heterocycles. The Morgan fingerprint density at radius 3 is 2.09 bits per heavy atom. The van der Waals surface area contributed by atoms with Gasteiger partial charge in [0, 0.05) is 25.3 Å². The van der Waals surface area contributed by atoms with Crippen LogP contribution in [0.3, 0.4) is 0 Å². The molecule has 2 aliphatic heterocycles. The van der Waals surface area contributed by atoms with Gasteiger partial charge in [-0.3, -0.25) is 0 Å². The fourth-order valence-corrected chi connectivity index (χ4v) is 2.22. The van der Waals surface area contributed by atoms with Gasteiger partial charge in [-0.05, 0) is 0 Å². The van der Waals surface area contributed by atoms with Gasteiger partial charge in [0.25, 0.3) is 0 Å². The van der Waals surface area contributed by atoms with Gasteiger partial charge in [-0.25, -0.2) is 9.59 Å². The molecule has 2 rings (SSSR count). The third kappa shape index (κ3) is 9.39. The van der Waals surface area contributed by atoms with E-state index in [0.29, 0.717) is 49.8 Å². The molecular weight excluding hydrogens is 328 g/mol. The molecule has 10 heteroatoms. The zero-order chi connectivity index (χ0) is 16.5. The predicted octanol–water partition coefficient (Wildman–Crippen LogP) is -0.220. The summed E-state index contributed by atoms with van der Waals surface area (Å²) in [6.07, 6.45) is -0.587. The Morgan fingerprint density at radius 1 is 1.04 bits per heavy atom. The van der Waals surface area contributed by atoms with Crippen LogP contribution in [0.1, 0.15) is 6.42 Å². The number of hydrogen-bond acceptors (Lipinski definition) is 6. The zero-order valence-corrected chi connectivity index (χ0v) is 13.5. The Labute approximate surface area is 137 Å². The van der Waals surface area contributed by atoms with Crippen molar-refractivity contribution in [1.82, 2.24) is 10.6 Å². The van der Waals surface area contributed by atoms with Gasteiger partial charge in [-0.2, -0.15) is 11.4 Å². The molecular formula is C13H22N2O7S. The Balaban J connectivity index is 1.42. The van der Waals surface area contributed by atoms with Gasteiger partial charge < -0.3 is 34.7 Å². The van der Waals surface area contributed by atoms with E-state index in [2.05, 4.69) is 10.6 Å². The van der Waals surface area contributed by atoms with E-state index >= 15 is 0 Å². The lowest BCUT2D eigenvalue weighted by molar-refractivity contribution is 0.136. The smallest absolute Gasteiger partial charge is 0.407 e. The average Bonchev–Trinajstić information content (AvgIpc) is 3.41. The van der Waals surface area contributed by atoms with Gasteiger partial charge in [0.1, 0.15) is 25.4 Å². The lowest BCUT2D eigenvalue weighted by Crippen LogP contribution is -2.28. The van der Waals surface area contributed by atoms with Crippen LogP contribution < -0.4 is 10.6 Å². The van der Waals surface area contributed by atoms with E-state index in [9.17, 15) is 14.7 Å². The molecule has 2 unspecified atom stereocenters. The molecule has 3 N–H and O–H groups in total. The van der Waals surface area contributed by atoms with E-state index in [4.69, 9.17) is 18.9 Å². The Hall–Kier alpha value is -1.36. The number of aliphatic hydroxyl groups excluding tert-OH is 1. The first-order valence-electron chi connectivity index (χ1n) is 7.40. The van der Waals surface area contributed by atoms with Gasteiger partial charge in [0.2, 0.25) is 0 Å². The van der Waals surface area contributed by atoms with E-state index in [-0.39, 0.29) is 30.5 Å². The van der Waals surface area contributed by atoms with Crippen molar-refractivity contribution in [3.63, 3.8) is 0 Å². The van der Waals surface area contributed by atoms with Gasteiger partial charge in [0.15, 0.2) is 0 Å². The largest absolute Gasteiger partial charge is 0.447 e. The van der Waals surface area contributed by atoms with Crippen LogP contribution in [0.2, 0.25) is 0 Å². The fraction of sp³-hybridized carbons (Fsp3) is 0.769. The first kappa shape index (κ1) is 18.0. The molecule has 0 aromatic carbocycles. The molecule has 0 aliphatic carbocycles. The highest BCUT2D eigenvalue weighted by Gasteiger charge is 2.24. The third-order valence-electron chi connectivity index (χ3n) is 2.90. The van der Waals surface area contributed by atoms with Gasteiger partial charge in [-0.15, -0.1) is 0 Å². The number of ether oxygens (including phenoxy) is 4. The molecule has 9 nitrogen and oxygen atoms in total. The van der Waals surface area contributed by atoms with E-state index in [1.54, 1.807) is 0 Å². The summed E-state index contributed by atoms with van der Waals surface area (Å²) in [7, 11) is 0. The van der Waals surface area contributed by atoms with Crippen LogP contribution in [0.4, 0.5) is 9.59 Å². The number of carbonyl (C=O) groups excluding carboxylic acids is 2. The van der Waals surface area contributed by atoms with Crippen molar-refractivity contribution in [3.8, 4) is 0 Å². The summed E-state index contributed by atoms with van der Waals surface area (Å²) in [6.45, 7) is 2.50. The Morgan fingerprint density at radius 2 is 1.57 bits per heavy atom. The lowest BCUT2D eigenvalue weighted by Gasteiger charge is -2.06. The molecule has 0 spiro atoms. The third-order valence-corrected chi connectivity index (χ3v) is 3.93. The first-order chi connectivity index (χ1) is 11.1. The summed E-state index contributed by atoms with van der Waals surface area (Å²) in [5.41, 5.74) is 0. The molecule has 2 atom stereocenters. The van der Waals surface area contributed by atoms with Crippen molar-refractivity contribution >= 4 is 28.6 Å². The van der Waals surface area contributed by atoms with Crippen LogP contribution in [-0.2, 0) is 18.9 Å². The summed E-state index contributed by atoms with van der Waals surface area (Å²) in [4.78, 5) is 22.5. The van der Waals surface area contributed by atoms with Crippen LogP contribution in [0, 0.1) is 0 Å². The highest BCUT2D eigenvalue weighted by atomic mass is 32.1. The quantitative estimate of drug-likeness (QED) is 0.186. The molecule has 0 saturated carbocycles. The van der Waals surface area contributed by atoms with Crippen molar-refractivity contribution in [1.29, 1.82) is 0 Å². The number of rotatable bonds is 10. The Kier molecular flexibility index (Phi) is 7.59. The topological polar surface area (TPSA) is 122 Å². The van der Waals surface area contributed by atoms with Crippen LogP contribution in [-0.4, -0.2) is 79.8 Å². The van der Waals surface area contributed by atoms with E-state index in [1.165, 1.54) is 0 Å². The standard InChI is InChI=1S/C13H22N2O7S/c16-11(1-2-14-12(17)21-7-9-5-19-9)23-4-3-15-13(18)22-8-10-6-20-10/h9-10,16,23H,1-8H2,(H,14,17)(H,15,18). The highest BCUT2D eigenvalue weighted by Crippen LogP contribution is 2.08. The molecule has 0 aromatic rings. The molecule has 2 aliphatic rings. The number of carbonyl (C=O) groups is 2. The predicted molar refractivity (Wildman–Crippen MR) is 84.3 cm³/mol. The van der Waals surface area contributed by atoms with Gasteiger partial charge in [-0.1, -0.05) is 0 Å². The van der Waals surface area contributed by atoms with Crippen molar-refractivity contribution in [2.45, 2.75) is 18.6 Å². The van der Waals surface area contributed by atoms with Crippen molar-refractivity contribution in [2.24, 2.45) is 0 Å². The maximum Gasteiger partial charge on any atom is 0.407 e. The van der Waals surface area contributed by atoms with E-state index < -0.39 is 12.2 Å². The normalized spacial score (nSPS) is 22.6. The molecule has 2 amide bonds. The maximum atomic E-state index is 11.3. The van der Waals surface area contributed by atoms with Crippen molar-refractivity contribution < 1.29 is 33.6 Å². The molecule has 0 radical (unpaired) electrons. The number of amides is 2. The number of aliphatic hydroxyl groups is 1. The monoisotopic (exact) mass is 350 g/mol. The maximum absolute atomic E-state index is 11.3. The average molecular weight is 350 g/mol. The SMILES string of the molecule is O=C(NCC[SH]=C(O)CCNC(=O)OCC1CO1)OCC1CO1. The number of alkyl carbamates (subject to hydrolysis) is 2. The highest BCUT2D eigenvalue weighted by molar-refractivity contribution is 7.98.